The number of nitrogens with two attached hydrogens (primary N) is 2. The number of carbonyl (C=O) groups excluding carboxylic acids is 6. The third-order valence-corrected chi connectivity index (χ3v) is 7.99. The molecule has 1 aromatic heterocycles. The van der Waals surface area contributed by atoms with Crippen molar-refractivity contribution in [2.45, 2.75) is 95.7 Å². The number of carbonyl (C=O) groups is 6. The van der Waals surface area contributed by atoms with Crippen molar-refractivity contribution >= 4 is 47.2 Å². The Morgan fingerprint density at radius 3 is 2.02 bits per heavy atom. The second-order valence-corrected chi connectivity index (χ2v) is 11.5. The van der Waals surface area contributed by atoms with Crippen LogP contribution in [0.2, 0.25) is 0 Å². The first-order valence-electron chi connectivity index (χ1n) is 14.7. The van der Waals surface area contributed by atoms with Crippen LogP contribution in [0.3, 0.4) is 0 Å². The number of primary amides is 2. The highest BCUT2D eigenvalue weighted by Crippen LogP contribution is 2.36. The molecule has 15 nitrogen and oxygen atoms in total. The molecule has 0 aliphatic carbocycles. The first-order chi connectivity index (χ1) is 20.8. The Balaban J connectivity index is 2.46. The van der Waals surface area contributed by atoms with Gasteiger partial charge in [0.2, 0.25) is 41.3 Å². The molecule has 10 N–H and O–H groups in total. The lowest BCUT2D eigenvalue weighted by molar-refractivity contribution is -0.131. The van der Waals surface area contributed by atoms with Gasteiger partial charge in [-0.05, 0) is 38.5 Å². The van der Waals surface area contributed by atoms with Gasteiger partial charge in [0.05, 0.1) is 4.90 Å². The van der Waals surface area contributed by atoms with Gasteiger partial charge in [-0.25, -0.2) is 0 Å². The Kier molecular flexibility index (Phi) is 17.4. The number of aromatic nitrogens is 1. The second kappa shape index (κ2) is 20.1. The predicted octanol–water partition coefficient (Wildman–Crippen LogP) is -0.0393. The van der Waals surface area contributed by atoms with Crippen LogP contribution in [0.4, 0.5) is 0 Å². The third kappa shape index (κ3) is 14.5. The maximum Gasteiger partial charge on any atom is 0.243 e. The van der Waals surface area contributed by atoms with Crippen LogP contribution in [0.5, 0.6) is 11.8 Å². The number of nitrogens with zero attached hydrogens (tertiary/aromatic N) is 1. The number of thioether (sulfide) groups is 1. The van der Waals surface area contributed by atoms with Gasteiger partial charge >= 0.3 is 0 Å². The second-order valence-electron chi connectivity index (χ2n) is 10.5. The topological polar surface area (TPSA) is 248 Å². The van der Waals surface area contributed by atoms with E-state index in [1.165, 1.54) is 29.3 Å². The quantitative estimate of drug-likeness (QED) is 0.0624. The number of amides is 6. The summed E-state index contributed by atoms with van der Waals surface area (Å²) in [6.07, 6.45) is 3.03. The maximum absolute atomic E-state index is 12.8. The van der Waals surface area contributed by atoms with Crippen LogP contribution in [-0.2, 0) is 35.3 Å². The highest BCUT2D eigenvalue weighted by Gasteiger charge is 2.24. The molecule has 0 aliphatic rings. The van der Waals surface area contributed by atoms with E-state index in [2.05, 4.69) is 21.3 Å². The van der Waals surface area contributed by atoms with Gasteiger partial charge in [0, 0.05) is 57.1 Å². The molecule has 0 saturated carbocycles. The average molecular weight is 642 g/mol. The molecule has 0 aromatic carbocycles. The van der Waals surface area contributed by atoms with E-state index in [1.807, 2.05) is 0 Å². The van der Waals surface area contributed by atoms with Crippen LogP contribution in [0.1, 0.15) is 72.1 Å². The molecule has 1 heterocycles. The molecule has 248 valence electrons. The number of hydrogen-bond acceptors (Lipinski definition) is 9. The van der Waals surface area contributed by atoms with E-state index >= 15 is 0 Å². The molecule has 1 rings (SSSR count). The van der Waals surface area contributed by atoms with Crippen molar-refractivity contribution in [2.24, 2.45) is 17.4 Å². The fourth-order valence-electron chi connectivity index (χ4n) is 4.03. The zero-order chi connectivity index (χ0) is 33.2. The number of aromatic hydroxyl groups is 2. The van der Waals surface area contributed by atoms with Crippen molar-refractivity contribution in [1.29, 1.82) is 0 Å². The zero-order valence-electron chi connectivity index (χ0n) is 25.6. The van der Waals surface area contributed by atoms with Crippen LogP contribution in [0.15, 0.2) is 11.0 Å². The molecule has 0 aliphatic heterocycles. The van der Waals surface area contributed by atoms with Gasteiger partial charge in [0.15, 0.2) is 5.88 Å². The van der Waals surface area contributed by atoms with Crippen LogP contribution in [0, 0.1) is 5.92 Å². The Morgan fingerprint density at radius 1 is 0.886 bits per heavy atom. The summed E-state index contributed by atoms with van der Waals surface area (Å²) in [5.74, 6) is -3.04. The molecule has 0 radical (unpaired) electrons. The predicted molar refractivity (Wildman–Crippen MR) is 164 cm³/mol. The Hall–Kier alpha value is -3.95. The van der Waals surface area contributed by atoms with Crippen LogP contribution < -0.4 is 32.7 Å². The lowest BCUT2D eigenvalue weighted by Gasteiger charge is -2.21. The average Bonchev–Trinajstić information content (AvgIpc) is 3.23. The molecule has 0 fully saturated rings. The molecular weight excluding hydrogens is 594 g/mol. The summed E-state index contributed by atoms with van der Waals surface area (Å²) >= 11 is 1.17. The fourth-order valence-corrected chi connectivity index (χ4v) is 5.05. The molecule has 0 spiro atoms. The van der Waals surface area contributed by atoms with Gasteiger partial charge in [0.1, 0.15) is 12.1 Å². The summed E-state index contributed by atoms with van der Waals surface area (Å²) < 4.78 is 1.19. The number of hydrogen-bond donors (Lipinski definition) is 8. The summed E-state index contributed by atoms with van der Waals surface area (Å²) in [6, 6.07) is -0.466. The van der Waals surface area contributed by atoms with Gasteiger partial charge in [-0.3, -0.25) is 33.3 Å². The Morgan fingerprint density at radius 2 is 1.48 bits per heavy atom. The molecule has 3 atom stereocenters. The van der Waals surface area contributed by atoms with Gasteiger partial charge in [-0.1, -0.05) is 13.8 Å². The summed E-state index contributed by atoms with van der Waals surface area (Å²) in [6.45, 7) is 5.46. The molecule has 1 aromatic rings. The Labute approximate surface area is 261 Å². The molecular formula is C28H47N7O8S. The van der Waals surface area contributed by atoms with E-state index in [0.29, 0.717) is 55.7 Å². The van der Waals surface area contributed by atoms with Crippen molar-refractivity contribution in [3.05, 3.63) is 6.07 Å². The summed E-state index contributed by atoms with van der Waals surface area (Å²) in [7, 11) is 0. The van der Waals surface area contributed by atoms with E-state index in [-0.39, 0.29) is 49.5 Å². The van der Waals surface area contributed by atoms with E-state index < -0.39 is 41.6 Å². The van der Waals surface area contributed by atoms with E-state index in [9.17, 15) is 39.0 Å². The number of nitrogens with one attached hydrogen (secondary N) is 4. The summed E-state index contributed by atoms with van der Waals surface area (Å²) in [5.41, 5.74) is 10.7. The van der Waals surface area contributed by atoms with Gasteiger partial charge in [0.25, 0.3) is 0 Å². The molecule has 16 heteroatoms. The lowest BCUT2D eigenvalue weighted by Crippen LogP contribution is -2.52. The smallest absolute Gasteiger partial charge is 0.243 e. The van der Waals surface area contributed by atoms with Gasteiger partial charge in [-0.15, -0.1) is 11.8 Å². The summed E-state index contributed by atoms with van der Waals surface area (Å²) in [4.78, 5) is 71.6. The van der Waals surface area contributed by atoms with Crippen molar-refractivity contribution in [3.8, 4) is 11.8 Å². The van der Waals surface area contributed by atoms with Crippen molar-refractivity contribution in [3.63, 3.8) is 0 Å². The minimum absolute atomic E-state index is 0.0208. The molecule has 6 amide bonds. The van der Waals surface area contributed by atoms with Crippen LogP contribution in [0.25, 0.3) is 0 Å². The highest BCUT2D eigenvalue weighted by atomic mass is 32.2. The SMILES string of the molecule is CCC(=O)NCCCCC(NC(C)=O)C(=O)NC(CCCCNC(=O)CCn1c(O)cc(SCC(C)C(N)=O)c1O)C(N)=O. The molecule has 0 saturated heterocycles. The Bertz CT molecular complexity index is 1140. The standard InChI is InChI=1S/C28H47N7O8S/c1-4-22(37)31-12-8-6-10-20(33-18(3)36)27(42)34-19(26(30)41)9-5-7-13-32-23(38)11-14-35-24(39)15-21(28(35)43)44-16-17(2)25(29)40/h15,17,19-20,39,43H,4-14,16H2,1-3H3,(H2,29,40)(H2,30,41)(H,31,37)(H,32,38)(H,33,36)(H,34,42). The molecule has 0 bridgehead atoms. The minimum Gasteiger partial charge on any atom is -0.494 e. The third-order valence-electron chi connectivity index (χ3n) is 6.71. The minimum atomic E-state index is -0.962. The fraction of sp³-hybridized carbons (Fsp3) is 0.643. The van der Waals surface area contributed by atoms with Crippen molar-refractivity contribution < 1.29 is 39.0 Å². The number of rotatable bonds is 22. The first kappa shape index (κ1) is 38.1. The van der Waals surface area contributed by atoms with Crippen molar-refractivity contribution in [1.82, 2.24) is 25.8 Å². The molecule has 3 unspecified atom stereocenters. The van der Waals surface area contributed by atoms with E-state index in [0.717, 1.165) is 0 Å². The monoisotopic (exact) mass is 641 g/mol. The zero-order valence-corrected chi connectivity index (χ0v) is 26.5. The van der Waals surface area contributed by atoms with Gasteiger partial charge < -0.3 is 42.9 Å². The van der Waals surface area contributed by atoms with Crippen LogP contribution in [-0.4, -0.2) is 81.1 Å². The largest absolute Gasteiger partial charge is 0.494 e. The first-order valence-corrected chi connectivity index (χ1v) is 15.7. The lowest BCUT2D eigenvalue weighted by atomic mass is 10.1. The maximum atomic E-state index is 12.8. The van der Waals surface area contributed by atoms with Crippen molar-refractivity contribution in [2.75, 3.05) is 18.8 Å². The number of unbranched alkanes of at least 4 members (excludes halogenated alkanes) is 2. The van der Waals surface area contributed by atoms with E-state index in [1.54, 1.807) is 13.8 Å². The molecule has 44 heavy (non-hydrogen) atoms. The normalized spacial score (nSPS) is 12.9. The summed E-state index contributed by atoms with van der Waals surface area (Å²) in [5, 5.41) is 31.2. The highest BCUT2D eigenvalue weighted by molar-refractivity contribution is 7.99. The van der Waals surface area contributed by atoms with E-state index in [4.69, 9.17) is 11.5 Å². The van der Waals surface area contributed by atoms with Crippen LogP contribution >= 0.6 is 11.8 Å². The van der Waals surface area contributed by atoms with Gasteiger partial charge in [-0.2, -0.15) is 0 Å².